The van der Waals surface area contributed by atoms with Crippen LogP contribution in [0.5, 0.6) is 0 Å². The summed E-state index contributed by atoms with van der Waals surface area (Å²) in [5, 5.41) is 20.1. The van der Waals surface area contributed by atoms with Gasteiger partial charge in [0.25, 0.3) is 0 Å². The quantitative estimate of drug-likeness (QED) is 0.460. The van der Waals surface area contributed by atoms with E-state index in [-0.39, 0.29) is 5.92 Å². The minimum atomic E-state index is -0.886. The van der Waals surface area contributed by atoms with Crippen molar-refractivity contribution in [3.63, 3.8) is 0 Å². The standard InChI is InChI=1S/C6H11NO3/c1-3-2-4(6(9)10)7-5(3)8/h3-5,7-8H,2H2,1H3,(H,9,10)/t3-,4+,5?/m1/s1. The lowest BCUT2D eigenvalue weighted by Gasteiger charge is -2.05. The van der Waals surface area contributed by atoms with Crippen LogP contribution in [0.4, 0.5) is 0 Å². The lowest BCUT2D eigenvalue weighted by molar-refractivity contribution is -0.139. The molecule has 1 aliphatic rings. The minimum Gasteiger partial charge on any atom is -0.480 e. The third kappa shape index (κ3) is 1.27. The molecule has 3 atom stereocenters. The molecule has 0 aliphatic carbocycles. The van der Waals surface area contributed by atoms with Gasteiger partial charge in [-0.2, -0.15) is 0 Å². The van der Waals surface area contributed by atoms with E-state index in [4.69, 9.17) is 10.2 Å². The van der Waals surface area contributed by atoms with E-state index in [0.717, 1.165) is 0 Å². The van der Waals surface area contributed by atoms with Crippen LogP contribution in [0.2, 0.25) is 0 Å². The van der Waals surface area contributed by atoms with Crippen LogP contribution in [0.1, 0.15) is 13.3 Å². The molecule has 10 heavy (non-hydrogen) atoms. The zero-order chi connectivity index (χ0) is 7.72. The van der Waals surface area contributed by atoms with Gasteiger partial charge in [0.2, 0.25) is 0 Å². The van der Waals surface area contributed by atoms with E-state index in [9.17, 15) is 4.79 Å². The minimum absolute atomic E-state index is 0.0427. The van der Waals surface area contributed by atoms with Crippen LogP contribution >= 0.6 is 0 Å². The average Bonchev–Trinajstić information content (AvgIpc) is 2.13. The van der Waals surface area contributed by atoms with Crippen molar-refractivity contribution < 1.29 is 15.0 Å². The van der Waals surface area contributed by atoms with E-state index < -0.39 is 18.2 Å². The number of carboxylic acid groups (broad SMARTS) is 1. The Morgan fingerprint density at radius 3 is 2.50 bits per heavy atom. The van der Waals surface area contributed by atoms with Gasteiger partial charge in [-0.1, -0.05) is 6.92 Å². The fourth-order valence-corrected chi connectivity index (χ4v) is 1.11. The summed E-state index contributed by atoms with van der Waals surface area (Å²) in [6.45, 7) is 1.82. The topological polar surface area (TPSA) is 69.6 Å². The first kappa shape index (κ1) is 7.50. The molecule has 1 rings (SSSR count). The molecule has 0 bridgehead atoms. The summed E-state index contributed by atoms with van der Waals surface area (Å²) in [7, 11) is 0. The van der Waals surface area contributed by atoms with Crippen LogP contribution in [-0.2, 0) is 4.79 Å². The average molecular weight is 145 g/mol. The molecular weight excluding hydrogens is 134 g/mol. The van der Waals surface area contributed by atoms with Crippen molar-refractivity contribution in [2.24, 2.45) is 5.92 Å². The van der Waals surface area contributed by atoms with Gasteiger partial charge in [-0.25, -0.2) is 0 Å². The van der Waals surface area contributed by atoms with Crippen LogP contribution in [0.15, 0.2) is 0 Å². The summed E-state index contributed by atoms with van der Waals surface area (Å²) in [5.41, 5.74) is 0. The maximum absolute atomic E-state index is 10.3. The number of hydrogen-bond acceptors (Lipinski definition) is 3. The Kier molecular flexibility index (Phi) is 1.92. The normalized spacial score (nSPS) is 40.0. The molecule has 0 amide bonds. The molecule has 1 fully saturated rings. The number of rotatable bonds is 1. The molecule has 4 nitrogen and oxygen atoms in total. The van der Waals surface area contributed by atoms with E-state index in [1.807, 2.05) is 6.92 Å². The summed E-state index contributed by atoms with van der Waals surface area (Å²) in [6.07, 6.45) is -0.141. The zero-order valence-corrected chi connectivity index (χ0v) is 5.74. The SMILES string of the molecule is C[C@@H]1C[C@@H](C(=O)O)NC1O. The van der Waals surface area contributed by atoms with Crippen molar-refractivity contribution in [3.05, 3.63) is 0 Å². The molecule has 1 aliphatic heterocycles. The maximum Gasteiger partial charge on any atom is 0.320 e. The molecule has 0 aromatic carbocycles. The van der Waals surface area contributed by atoms with Crippen LogP contribution in [0.25, 0.3) is 0 Å². The van der Waals surface area contributed by atoms with Crippen molar-refractivity contribution in [2.45, 2.75) is 25.6 Å². The molecule has 4 heteroatoms. The van der Waals surface area contributed by atoms with Crippen molar-refractivity contribution in [3.8, 4) is 0 Å². The molecular formula is C6H11NO3. The second-order valence-corrected chi connectivity index (χ2v) is 2.72. The van der Waals surface area contributed by atoms with Crippen molar-refractivity contribution in [1.29, 1.82) is 0 Å². The lowest BCUT2D eigenvalue weighted by atomic mass is 10.1. The van der Waals surface area contributed by atoms with E-state index in [1.165, 1.54) is 0 Å². The number of aliphatic hydroxyl groups excluding tert-OH is 1. The predicted molar refractivity (Wildman–Crippen MR) is 34.3 cm³/mol. The van der Waals surface area contributed by atoms with Crippen LogP contribution in [0.3, 0.4) is 0 Å². The van der Waals surface area contributed by atoms with Crippen LogP contribution in [0, 0.1) is 5.92 Å². The monoisotopic (exact) mass is 145 g/mol. The van der Waals surface area contributed by atoms with E-state index in [0.29, 0.717) is 6.42 Å². The van der Waals surface area contributed by atoms with Crippen LogP contribution in [-0.4, -0.2) is 28.5 Å². The second kappa shape index (κ2) is 2.56. The van der Waals surface area contributed by atoms with Gasteiger partial charge in [0.15, 0.2) is 0 Å². The predicted octanol–water partition coefficient (Wildman–Crippen LogP) is -0.613. The molecule has 1 unspecified atom stereocenters. The summed E-state index contributed by atoms with van der Waals surface area (Å²) in [6, 6.07) is -0.565. The summed E-state index contributed by atoms with van der Waals surface area (Å²) >= 11 is 0. The van der Waals surface area contributed by atoms with Gasteiger partial charge in [-0.3, -0.25) is 10.1 Å². The van der Waals surface area contributed by atoms with E-state index in [2.05, 4.69) is 5.32 Å². The van der Waals surface area contributed by atoms with Gasteiger partial charge in [0, 0.05) is 0 Å². The van der Waals surface area contributed by atoms with Gasteiger partial charge in [-0.05, 0) is 12.3 Å². The molecule has 0 aromatic heterocycles. The molecule has 58 valence electrons. The Labute approximate surface area is 58.9 Å². The first-order chi connectivity index (χ1) is 4.61. The van der Waals surface area contributed by atoms with E-state index >= 15 is 0 Å². The molecule has 1 heterocycles. The summed E-state index contributed by atoms with van der Waals surface area (Å²) in [4.78, 5) is 10.3. The summed E-state index contributed by atoms with van der Waals surface area (Å²) < 4.78 is 0. The van der Waals surface area contributed by atoms with Gasteiger partial charge < -0.3 is 10.2 Å². The molecule has 3 N–H and O–H groups in total. The van der Waals surface area contributed by atoms with Crippen molar-refractivity contribution >= 4 is 5.97 Å². The van der Waals surface area contributed by atoms with E-state index in [1.54, 1.807) is 0 Å². The first-order valence-electron chi connectivity index (χ1n) is 3.28. The molecule has 0 spiro atoms. The third-order valence-corrected chi connectivity index (χ3v) is 1.82. The van der Waals surface area contributed by atoms with Gasteiger partial charge in [-0.15, -0.1) is 0 Å². The zero-order valence-electron chi connectivity index (χ0n) is 5.74. The number of nitrogens with one attached hydrogen (secondary N) is 1. The highest BCUT2D eigenvalue weighted by Crippen LogP contribution is 2.17. The molecule has 0 aromatic rings. The Morgan fingerprint density at radius 1 is 1.70 bits per heavy atom. The highest BCUT2D eigenvalue weighted by Gasteiger charge is 2.32. The number of carbonyl (C=O) groups is 1. The lowest BCUT2D eigenvalue weighted by Crippen LogP contribution is -2.35. The molecule has 1 saturated heterocycles. The first-order valence-corrected chi connectivity index (χ1v) is 3.28. The molecule has 0 saturated carbocycles. The Bertz CT molecular complexity index is 138. The number of carboxylic acids is 1. The number of aliphatic carboxylic acids is 1. The van der Waals surface area contributed by atoms with Crippen molar-refractivity contribution in [1.82, 2.24) is 5.32 Å². The fourth-order valence-electron chi connectivity index (χ4n) is 1.11. The van der Waals surface area contributed by atoms with Crippen molar-refractivity contribution in [2.75, 3.05) is 0 Å². The van der Waals surface area contributed by atoms with Gasteiger partial charge in [0.05, 0.1) is 0 Å². The van der Waals surface area contributed by atoms with Gasteiger partial charge in [0.1, 0.15) is 12.3 Å². The third-order valence-electron chi connectivity index (χ3n) is 1.82. The van der Waals surface area contributed by atoms with Crippen LogP contribution < -0.4 is 5.32 Å². The largest absolute Gasteiger partial charge is 0.480 e. The Hall–Kier alpha value is -0.610. The number of hydrogen-bond donors (Lipinski definition) is 3. The highest BCUT2D eigenvalue weighted by molar-refractivity contribution is 5.73. The molecule has 0 radical (unpaired) electrons. The highest BCUT2D eigenvalue weighted by atomic mass is 16.4. The smallest absolute Gasteiger partial charge is 0.320 e. The summed E-state index contributed by atoms with van der Waals surface area (Å²) in [5.74, 6) is -0.843. The fraction of sp³-hybridized carbons (Fsp3) is 0.833. The van der Waals surface area contributed by atoms with Gasteiger partial charge >= 0.3 is 5.97 Å². The Morgan fingerprint density at radius 2 is 2.30 bits per heavy atom. The Balaban J connectivity index is 2.49. The maximum atomic E-state index is 10.3. The number of aliphatic hydroxyl groups is 1. The second-order valence-electron chi connectivity index (χ2n) is 2.72.